The third kappa shape index (κ3) is 5.89. The second-order valence-corrected chi connectivity index (χ2v) is 9.03. The summed E-state index contributed by atoms with van der Waals surface area (Å²) in [6.45, 7) is -0.580. The van der Waals surface area contributed by atoms with Crippen molar-refractivity contribution in [1.29, 1.82) is 0 Å². The van der Waals surface area contributed by atoms with E-state index in [9.17, 15) is 17.6 Å². The summed E-state index contributed by atoms with van der Waals surface area (Å²) in [5.41, 5.74) is 0.250. The van der Waals surface area contributed by atoms with Crippen LogP contribution >= 0.6 is 11.6 Å². The maximum absolute atomic E-state index is 13.6. The molecule has 168 valence electrons. The lowest BCUT2D eigenvalue weighted by molar-refractivity contribution is -0.114. The number of benzene rings is 3. The molecule has 0 radical (unpaired) electrons. The molecule has 0 fully saturated rings. The Morgan fingerprint density at radius 3 is 2.41 bits per heavy atom. The van der Waals surface area contributed by atoms with Crippen molar-refractivity contribution in [3.63, 3.8) is 0 Å². The van der Waals surface area contributed by atoms with Crippen molar-refractivity contribution in [3.05, 3.63) is 77.6 Å². The zero-order chi connectivity index (χ0) is 23.3. The first-order valence-corrected chi connectivity index (χ1v) is 11.5. The van der Waals surface area contributed by atoms with E-state index in [0.29, 0.717) is 16.5 Å². The normalized spacial score (nSPS) is 11.0. The van der Waals surface area contributed by atoms with Crippen LogP contribution in [0.25, 0.3) is 0 Å². The van der Waals surface area contributed by atoms with Crippen LogP contribution in [0.3, 0.4) is 0 Å². The summed E-state index contributed by atoms with van der Waals surface area (Å²) in [6, 6.07) is 16.5. The molecular weight excluding hydrogens is 459 g/mol. The summed E-state index contributed by atoms with van der Waals surface area (Å²) >= 11 is 6.07. The van der Waals surface area contributed by atoms with Gasteiger partial charge in [0.15, 0.2) is 17.2 Å². The minimum Gasteiger partial charge on any atom is -0.493 e. The number of anilines is 2. The van der Waals surface area contributed by atoms with Crippen LogP contribution in [0.1, 0.15) is 0 Å². The van der Waals surface area contributed by atoms with Gasteiger partial charge in [0, 0.05) is 5.02 Å². The first-order valence-electron chi connectivity index (χ1n) is 9.31. The molecule has 0 saturated heterocycles. The molecule has 7 nitrogen and oxygen atoms in total. The zero-order valence-electron chi connectivity index (χ0n) is 17.2. The van der Waals surface area contributed by atoms with E-state index in [2.05, 4.69) is 5.32 Å². The SMILES string of the molecule is COc1ccccc1Oc1ccc(Cl)cc1NC(=O)CN(c1cccc(F)c1)S(C)(=O)=O. The molecule has 1 N–H and O–H groups in total. The standard InChI is InChI=1S/C22H20ClFN2O5S/c1-30-20-8-3-4-9-21(20)31-19-11-10-15(23)12-18(19)25-22(27)14-26(32(2,28)29)17-7-5-6-16(24)13-17/h3-13H,14H2,1-2H3,(H,25,27). The minimum atomic E-state index is -3.87. The number of ether oxygens (including phenoxy) is 2. The van der Waals surface area contributed by atoms with Crippen LogP contribution in [0.4, 0.5) is 15.8 Å². The van der Waals surface area contributed by atoms with Crippen LogP contribution in [0.2, 0.25) is 5.02 Å². The topological polar surface area (TPSA) is 84.9 Å². The molecule has 0 bridgehead atoms. The number of amides is 1. The van der Waals surface area contributed by atoms with Gasteiger partial charge >= 0.3 is 0 Å². The average Bonchev–Trinajstić information content (AvgIpc) is 2.73. The van der Waals surface area contributed by atoms with Crippen molar-refractivity contribution in [2.75, 3.05) is 29.5 Å². The summed E-state index contributed by atoms with van der Waals surface area (Å²) in [7, 11) is -2.37. The number of nitrogens with one attached hydrogen (secondary N) is 1. The zero-order valence-corrected chi connectivity index (χ0v) is 18.8. The van der Waals surface area contributed by atoms with Crippen LogP contribution in [-0.4, -0.2) is 34.2 Å². The predicted octanol–water partition coefficient (Wildman–Crippen LogP) is 4.68. The number of para-hydroxylation sites is 2. The molecule has 0 unspecified atom stereocenters. The van der Waals surface area contributed by atoms with Gasteiger partial charge in [-0.2, -0.15) is 0 Å². The molecule has 0 aliphatic rings. The van der Waals surface area contributed by atoms with E-state index < -0.39 is 28.3 Å². The third-order valence-electron chi connectivity index (χ3n) is 4.29. The molecule has 32 heavy (non-hydrogen) atoms. The molecule has 0 spiro atoms. The first kappa shape index (κ1) is 23.4. The smallest absolute Gasteiger partial charge is 0.245 e. The molecule has 3 aromatic rings. The molecule has 0 aliphatic carbocycles. The van der Waals surface area contributed by atoms with Crippen LogP contribution in [0.5, 0.6) is 17.2 Å². The van der Waals surface area contributed by atoms with Crippen molar-refractivity contribution in [1.82, 2.24) is 0 Å². The number of sulfonamides is 1. The number of hydrogen-bond donors (Lipinski definition) is 1. The van der Waals surface area contributed by atoms with Gasteiger partial charge in [0.2, 0.25) is 15.9 Å². The van der Waals surface area contributed by atoms with Crippen molar-refractivity contribution in [2.24, 2.45) is 0 Å². The maximum Gasteiger partial charge on any atom is 0.245 e. The van der Waals surface area contributed by atoms with Crippen LogP contribution < -0.4 is 19.1 Å². The van der Waals surface area contributed by atoms with E-state index in [0.717, 1.165) is 16.6 Å². The molecule has 1 amide bonds. The predicted molar refractivity (Wildman–Crippen MR) is 122 cm³/mol. The Bertz CT molecular complexity index is 1240. The minimum absolute atomic E-state index is 0.0271. The summed E-state index contributed by atoms with van der Waals surface area (Å²) in [6.07, 6.45) is 0.931. The molecule has 3 aromatic carbocycles. The number of carbonyl (C=O) groups is 1. The number of nitrogens with zero attached hydrogens (tertiary/aromatic N) is 1. The Morgan fingerprint density at radius 1 is 1.03 bits per heavy atom. The van der Waals surface area contributed by atoms with Gasteiger partial charge in [0.05, 0.1) is 24.7 Å². The Hall–Kier alpha value is -3.30. The number of halogens is 2. The fourth-order valence-electron chi connectivity index (χ4n) is 2.86. The third-order valence-corrected chi connectivity index (χ3v) is 5.66. The molecule has 0 aliphatic heterocycles. The molecule has 10 heteroatoms. The van der Waals surface area contributed by atoms with E-state index in [1.165, 1.54) is 31.4 Å². The largest absolute Gasteiger partial charge is 0.493 e. The fraction of sp³-hybridized carbons (Fsp3) is 0.136. The summed E-state index contributed by atoms with van der Waals surface area (Å²) in [5.74, 6) is -0.144. The van der Waals surface area contributed by atoms with E-state index in [1.54, 1.807) is 36.4 Å². The summed E-state index contributed by atoms with van der Waals surface area (Å²) < 4.78 is 50.0. The van der Waals surface area contributed by atoms with Crippen LogP contribution in [-0.2, 0) is 14.8 Å². The van der Waals surface area contributed by atoms with Crippen LogP contribution in [0.15, 0.2) is 66.7 Å². The van der Waals surface area contributed by atoms with Crippen molar-refractivity contribution in [2.45, 2.75) is 0 Å². The average molecular weight is 479 g/mol. The van der Waals surface area contributed by atoms with Gasteiger partial charge in [-0.1, -0.05) is 29.8 Å². The monoisotopic (exact) mass is 478 g/mol. The molecule has 0 atom stereocenters. The highest BCUT2D eigenvalue weighted by Crippen LogP contribution is 2.36. The summed E-state index contributed by atoms with van der Waals surface area (Å²) in [4.78, 5) is 12.7. The van der Waals surface area contributed by atoms with Crippen molar-refractivity contribution >= 4 is 38.9 Å². The fourth-order valence-corrected chi connectivity index (χ4v) is 3.88. The van der Waals surface area contributed by atoms with Crippen molar-refractivity contribution in [3.8, 4) is 17.2 Å². The Labute approximate surface area is 190 Å². The maximum atomic E-state index is 13.6. The molecule has 0 saturated carbocycles. The summed E-state index contributed by atoms with van der Waals surface area (Å²) in [5, 5.41) is 2.94. The molecule has 0 heterocycles. The molecular formula is C22H20ClFN2O5S. The van der Waals surface area contributed by atoms with E-state index >= 15 is 0 Å². The van der Waals surface area contributed by atoms with E-state index in [1.807, 2.05) is 0 Å². The second-order valence-electron chi connectivity index (χ2n) is 6.69. The number of methoxy groups -OCH3 is 1. The Balaban J connectivity index is 1.86. The Kier molecular flexibility index (Phi) is 7.22. The number of rotatable bonds is 8. The van der Waals surface area contributed by atoms with Gasteiger partial charge in [-0.15, -0.1) is 0 Å². The number of hydrogen-bond acceptors (Lipinski definition) is 5. The highest BCUT2D eigenvalue weighted by Gasteiger charge is 2.22. The second kappa shape index (κ2) is 9.88. The van der Waals surface area contributed by atoms with Crippen molar-refractivity contribution < 1.29 is 27.1 Å². The van der Waals surface area contributed by atoms with Crippen LogP contribution in [0, 0.1) is 5.82 Å². The first-order chi connectivity index (χ1) is 15.2. The molecule has 0 aromatic heterocycles. The quantitative estimate of drug-likeness (QED) is 0.508. The van der Waals surface area contributed by atoms with Gasteiger partial charge in [-0.05, 0) is 48.5 Å². The number of carbonyl (C=O) groups excluding carboxylic acids is 1. The van der Waals surface area contributed by atoms with Gasteiger partial charge in [0.1, 0.15) is 12.4 Å². The van der Waals surface area contributed by atoms with Gasteiger partial charge < -0.3 is 14.8 Å². The highest BCUT2D eigenvalue weighted by atomic mass is 35.5. The van der Waals surface area contributed by atoms with Gasteiger partial charge in [-0.25, -0.2) is 12.8 Å². The Morgan fingerprint density at radius 2 is 1.75 bits per heavy atom. The highest BCUT2D eigenvalue weighted by molar-refractivity contribution is 7.92. The molecule has 3 rings (SSSR count). The van der Waals surface area contributed by atoms with E-state index in [-0.39, 0.29) is 17.1 Å². The van der Waals surface area contributed by atoms with E-state index in [4.69, 9.17) is 21.1 Å². The van der Waals surface area contributed by atoms with Gasteiger partial charge in [0.25, 0.3) is 0 Å². The lowest BCUT2D eigenvalue weighted by atomic mass is 10.2. The lowest BCUT2D eigenvalue weighted by Crippen LogP contribution is -2.37. The lowest BCUT2D eigenvalue weighted by Gasteiger charge is -2.22. The van der Waals surface area contributed by atoms with Gasteiger partial charge in [-0.3, -0.25) is 9.10 Å².